The first-order valence-corrected chi connectivity index (χ1v) is 7.43. The lowest BCUT2D eigenvalue weighted by Crippen LogP contribution is -2.08. The van der Waals surface area contributed by atoms with Crippen LogP contribution in [-0.4, -0.2) is 10.1 Å². The number of aryl methyl sites for hydroxylation is 3. The fourth-order valence-corrected chi connectivity index (χ4v) is 3.54. The second kappa shape index (κ2) is 4.90. The Kier molecular flexibility index (Phi) is 3.22. The molecule has 20 heavy (non-hydrogen) atoms. The minimum Gasteiger partial charge on any atom is -0.361 e. The summed E-state index contributed by atoms with van der Waals surface area (Å²) in [7, 11) is 0. The number of nitrogens with one attached hydrogen (secondary N) is 1. The van der Waals surface area contributed by atoms with Crippen molar-refractivity contribution < 1.29 is 4.52 Å². The van der Waals surface area contributed by atoms with Gasteiger partial charge in [0.1, 0.15) is 5.76 Å². The molecule has 2 aromatic heterocycles. The monoisotopic (exact) mass is 287 g/mol. The molecule has 0 spiro atoms. The fourth-order valence-electron chi connectivity index (χ4n) is 2.51. The van der Waals surface area contributed by atoms with Gasteiger partial charge >= 0.3 is 0 Å². The number of benzene rings is 1. The van der Waals surface area contributed by atoms with Crippen LogP contribution in [0.2, 0.25) is 0 Å². The molecule has 1 aromatic carbocycles. The van der Waals surface area contributed by atoms with Crippen molar-refractivity contribution >= 4 is 26.7 Å². The Morgan fingerprint density at radius 1 is 1.25 bits per heavy atom. The lowest BCUT2D eigenvalue weighted by molar-refractivity contribution is 0.392. The van der Waals surface area contributed by atoms with Crippen LogP contribution in [0.15, 0.2) is 22.7 Å². The highest BCUT2D eigenvalue weighted by atomic mass is 32.1. The molecule has 0 saturated carbocycles. The zero-order valence-electron chi connectivity index (χ0n) is 12.0. The van der Waals surface area contributed by atoms with Crippen molar-refractivity contribution in [2.75, 3.05) is 5.32 Å². The van der Waals surface area contributed by atoms with Gasteiger partial charge in [0.05, 0.1) is 22.0 Å². The van der Waals surface area contributed by atoms with Gasteiger partial charge in [-0.1, -0.05) is 28.6 Å². The third-order valence-electron chi connectivity index (χ3n) is 3.48. The molecule has 3 rings (SSSR count). The molecule has 0 bridgehead atoms. The van der Waals surface area contributed by atoms with Gasteiger partial charge in [-0.25, -0.2) is 4.98 Å². The molecule has 104 valence electrons. The number of hydrogen-bond acceptors (Lipinski definition) is 5. The SMILES string of the molecule is Cc1noc(C)c1C(C)Nc1nc2c(C)cccc2s1. The molecule has 0 fully saturated rings. The predicted octanol–water partition coefficient (Wildman–Crippen LogP) is 4.38. The van der Waals surface area contributed by atoms with E-state index in [2.05, 4.69) is 47.5 Å². The van der Waals surface area contributed by atoms with Gasteiger partial charge in [0, 0.05) is 5.56 Å². The number of aromatic nitrogens is 2. The van der Waals surface area contributed by atoms with Crippen LogP contribution in [0.5, 0.6) is 0 Å². The summed E-state index contributed by atoms with van der Waals surface area (Å²) in [5.41, 5.74) is 4.32. The molecule has 0 aliphatic heterocycles. The van der Waals surface area contributed by atoms with E-state index in [1.807, 2.05) is 13.8 Å². The molecule has 0 radical (unpaired) electrons. The predicted molar refractivity (Wildman–Crippen MR) is 82.4 cm³/mol. The second-order valence-corrected chi connectivity index (χ2v) is 6.08. The highest BCUT2D eigenvalue weighted by molar-refractivity contribution is 7.22. The number of para-hydroxylation sites is 1. The Morgan fingerprint density at radius 2 is 2.05 bits per heavy atom. The van der Waals surface area contributed by atoms with E-state index in [1.54, 1.807) is 11.3 Å². The molecule has 2 heterocycles. The summed E-state index contributed by atoms with van der Waals surface area (Å²) < 4.78 is 6.43. The van der Waals surface area contributed by atoms with Gasteiger partial charge in [-0.15, -0.1) is 0 Å². The molecular weight excluding hydrogens is 270 g/mol. The van der Waals surface area contributed by atoms with Crippen LogP contribution >= 0.6 is 11.3 Å². The Morgan fingerprint density at radius 3 is 2.70 bits per heavy atom. The van der Waals surface area contributed by atoms with Gasteiger partial charge in [0.15, 0.2) is 5.13 Å². The van der Waals surface area contributed by atoms with Gasteiger partial charge in [-0.05, 0) is 39.3 Å². The summed E-state index contributed by atoms with van der Waals surface area (Å²) in [5, 5.41) is 8.39. The Bertz CT molecular complexity index is 740. The topological polar surface area (TPSA) is 51.0 Å². The summed E-state index contributed by atoms with van der Waals surface area (Å²) in [6, 6.07) is 6.38. The first-order valence-electron chi connectivity index (χ1n) is 6.61. The maximum atomic E-state index is 5.23. The average molecular weight is 287 g/mol. The quantitative estimate of drug-likeness (QED) is 0.776. The molecule has 1 N–H and O–H groups in total. The highest BCUT2D eigenvalue weighted by Gasteiger charge is 2.17. The van der Waals surface area contributed by atoms with Gasteiger partial charge < -0.3 is 9.84 Å². The van der Waals surface area contributed by atoms with Crippen molar-refractivity contribution in [2.24, 2.45) is 0 Å². The van der Waals surface area contributed by atoms with Crippen LogP contribution in [0.4, 0.5) is 5.13 Å². The largest absolute Gasteiger partial charge is 0.361 e. The van der Waals surface area contributed by atoms with E-state index in [4.69, 9.17) is 4.52 Å². The smallest absolute Gasteiger partial charge is 0.184 e. The third-order valence-corrected chi connectivity index (χ3v) is 4.43. The van der Waals surface area contributed by atoms with E-state index in [0.29, 0.717) is 0 Å². The van der Waals surface area contributed by atoms with Crippen LogP contribution < -0.4 is 5.32 Å². The lowest BCUT2D eigenvalue weighted by atomic mass is 10.1. The van der Waals surface area contributed by atoms with Gasteiger partial charge in [0.25, 0.3) is 0 Å². The van der Waals surface area contributed by atoms with E-state index in [-0.39, 0.29) is 6.04 Å². The van der Waals surface area contributed by atoms with Gasteiger partial charge in [-0.2, -0.15) is 0 Å². The zero-order chi connectivity index (χ0) is 14.3. The first kappa shape index (κ1) is 13.1. The number of hydrogen-bond donors (Lipinski definition) is 1. The highest BCUT2D eigenvalue weighted by Crippen LogP contribution is 2.31. The van der Waals surface area contributed by atoms with Crippen molar-refractivity contribution in [2.45, 2.75) is 33.7 Å². The van der Waals surface area contributed by atoms with Crippen molar-refractivity contribution in [1.82, 2.24) is 10.1 Å². The van der Waals surface area contributed by atoms with Crippen LogP contribution in [0.1, 0.15) is 35.5 Å². The molecule has 3 aromatic rings. The fraction of sp³-hybridized carbons (Fsp3) is 0.333. The maximum absolute atomic E-state index is 5.23. The molecule has 1 unspecified atom stereocenters. The Hall–Kier alpha value is -1.88. The van der Waals surface area contributed by atoms with Crippen molar-refractivity contribution in [3.8, 4) is 0 Å². The van der Waals surface area contributed by atoms with Crippen molar-refractivity contribution in [1.29, 1.82) is 0 Å². The number of rotatable bonds is 3. The van der Waals surface area contributed by atoms with Crippen LogP contribution in [0.3, 0.4) is 0 Å². The molecule has 0 aliphatic rings. The molecule has 0 aliphatic carbocycles. The van der Waals surface area contributed by atoms with Crippen LogP contribution in [0, 0.1) is 20.8 Å². The number of fused-ring (bicyclic) bond motifs is 1. The van der Waals surface area contributed by atoms with E-state index >= 15 is 0 Å². The molecule has 1 atom stereocenters. The molecule has 0 amide bonds. The average Bonchev–Trinajstić information content (AvgIpc) is 2.94. The number of nitrogens with zero attached hydrogens (tertiary/aromatic N) is 2. The van der Waals surface area contributed by atoms with E-state index in [1.165, 1.54) is 10.3 Å². The molecule has 0 saturated heterocycles. The maximum Gasteiger partial charge on any atom is 0.184 e. The van der Waals surface area contributed by atoms with Gasteiger partial charge in [0.2, 0.25) is 0 Å². The molecular formula is C15H17N3OS. The van der Waals surface area contributed by atoms with Crippen molar-refractivity contribution in [3.05, 3.63) is 40.8 Å². The van der Waals surface area contributed by atoms with Gasteiger partial charge in [-0.3, -0.25) is 0 Å². The molecule has 4 nitrogen and oxygen atoms in total. The molecule has 5 heteroatoms. The zero-order valence-corrected chi connectivity index (χ0v) is 12.8. The first-order chi connectivity index (χ1) is 9.56. The lowest BCUT2D eigenvalue weighted by Gasteiger charge is -2.12. The van der Waals surface area contributed by atoms with Crippen LogP contribution in [-0.2, 0) is 0 Å². The Labute approximate surface area is 121 Å². The number of anilines is 1. The summed E-state index contributed by atoms with van der Waals surface area (Å²) >= 11 is 1.68. The van der Waals surface area contributed by atoms with E-state index in [0.717, 1.165) is 27.7 Å². The second-order valence-electron chi connectivity index (χ2n) is 5.04. The Balaban J connectivity index is 1.91. The normalized spacial score (nSPS) is 12.8. The minimum atomic E-state index is 0.127. The third kappa shape index (κ3) is 2.18. The standard InChI is InChI=1S/C15H17N3OS/c1-8-6-5-7-12-14(8)17-15(20-12)16-9(2)13-10(3)18-19-11(13)4/h5-7,9H,1-4H3,(H,16,17). The van der Waals surface area contributed by atoms with Crippen molar-refractivity contribution in [3.63, 3.8) is 0 Å². The number of thiazole rings is 1. The van der Waals surface area contributed by atoms with E-state index in [9.17, 15) is 0 Å². The summed E-state index contributed by atoms with van der Waals surface area (Å²) in [6.45, 7) is 8.09. The van der Waals surface area contributed by atoms with Crippen LogP contribution in [0.25, 0.3) is 10.2 Å². The summed E-state index contributed by atoms with van der Waals surface area (Å²) in [6.07, 6.45) is 0. The van der Waals surface area contributed by atoms with E-state index < -0.39 is 0 Å². The summed E-state index contributed by atoms with van der Waals surface area (Å²) in [5.74, 6) is 0.861. The summed E-state index contributed by atoms with van der Waals surface area (Å²) in [4.78, 5) is 4.68. The minimum absolute atomic E-state index is 0.127.